The molecule has 0 amide bonds. The van der Waals surface area contributed by atoms with Crippen LogP contribution >= 0.6 is 0 Å². The van der Waals surface area contributed by atoms with Crippen LogP contribution in [0.3, 0.4) is 0 Å². The maximum atomic E-state index is 8.11. The maximum Gasteiger partial charge on any atom is 3.00 e. The molecule has 0 aromatic heterocycles. The smallest absolute Gasteiger partial charge is 0.444 e. The molecular formula is H4BiN5O11. The second kappa shape index (κ2) is 282. The molecule has 0 aliphatic heterocycles. The minimum absolute atomic E-state index is 0. The maximum absolute atomic E-state index is 8.11. The molecule has 0 saturated heterocycles. The van der Waals surface area contributed by atoms with Crippen molar-refractivity contribution < 1.29 is 15.9 Å². The predicted molar refractivity (Wildman–Crippen MR) is 52.0 cm³/mol. The van der Waals surface area contributed by atoms with E-state index in [1.165, 1.54) is 10.7 Å². The molecule has 4 N–H and O–H groups in total. The Balaban J connectivity index is -0.0000000143. The van der Waals surface area contributed by atoms with Gasteiger partial charge in [-0.3, -0.25) is 0 Å². The minimum Gasteiger partial charge on any atom is -0.444 e. The van der Waals surface area contributed by atoms with E-state index in [1.54, 1.807) is 0 Å². The normalized spacial score (nSPS) is 3.53. The molecule has 0 aliphatic rings. The molecule has 0 aliphatic carbocycles. The molecule has 0 unspecified atom stereocenters. The van der Waals surface area contributed by atoms with Crippen LogP contribution in [0.1, 0.15) is 0 Å². The van der Waals surface area contributed by atoms with Crippen molar-refractivity contribution in [2.24, 2.45) is 26.7 Å². The van der Waals surface area contributed by atoms with Crippen molar-refractivity contribution in [2.45, 2.75) is 0 Å². The van der Waals surface area contributed by atoms with E-state index < -0.39 is 0 Å². The molecule has 0 saturated carbocycles. The Bertz CT molecular complexity index is 92.2. The van der Waals surface area contributed by atoms with Gasteiger partial charge in [0.05, 0.1) is 0 Å². The summed E-state index contributed by atoms with van der Waals surface area (Å²) >= 11 is 0. The van der Waals surface area contributed by atoms with Gasteiger partial charge in [0.25, 0.3) is 0 Å². The number of hydrogen-bond acceptors (Lipinski definition) is 13. The van der Waals surface area contributed by atoms with Crippen LogP contribution in [0, 0.1) is 40.2 Å². The first-order chi connectivity index (χ1) is 7.07. The van der Waals surface area contributed by atoms with Crippen molar-refractivity contribution in [3.8, 4) is 0 Å². The van der Waals surface area contributed by atoms with E-state index in [4.69, 9.17) is 50.6 Å². The second-order valence-corrected chi connectivity index (χ2v) is 0.387. The summed E-state index contributed by atoms with van der Waals surface area (Å²) in [6.45, 7) is 0. The summed E-state index contributed by atoms with van der Waals surface area (Å²) in [4.78, 5) is 40.2. The molecule has 17 heteroatoms. The average Bonchev–Trinajstić information content (AvgIpc) is 2.09. The predicted octanol–water partition coefficient (Wildman–Crippen LogP) is -0.170. The Morgan fingerprint density at radius 2 is 0.647 bits per heavy atom. The summed E-state index contributed by atoms with van der Waals surface area (Å²) in [5.41, 5.74) is 0. The van der Waals surface area contributed by atoms with E-state index >= 15 is 0 Å². The Hall–Kier alpha value is -2.16. The Labute approximate surface area is 109 Å². The zero-order chi connectivity index (χ0) is 13.5. The fraction of sp³-hybridized carbons (Fsp3) is 0. The van der Waals surface area contributed by atoms with E-state index in [-0.39, 0.29) is 31.7 Å². The summed E-state index contributed by atoms with van der Waals surface area (Å²) < 4.78 is 0. The van der Waals surface area contributed by atoms with E-state index in [0.717, 1.165) is 16.0 Å². The fourth-order valence-electron chi connectivity index (χ4n) is 0. The molecule has 2 radical (unpaired) electrons. The average molecular weight is 459 g/mol. The Morgan fingerprint density at radius 3 is 0.647 bits per heavy atom. The van der Waals surface area contributed by atoms with Gasteiger partial charge in [0, 0.05) is 0 Å². The fourth-order valence-corrected chi connectivity index (χ4v) is 0. The molecule has 0 aromatic rings. The third kappa shape index (κ3) is 417. The monoisotopic (exact) mass is 459 g/mol. The quantitative estimate of drug-likeness (QED) is 0.274. The Kier molecular flexibility index (Phi) is 768. The molecule has 0 spiro atoms. The number of hydrogen-bond donors (Lipinski definition) is 2. The van der Waals surface area contributed by atoms with Gasteiger partial charge in [0.1, 0.15) is 0 Å². The standard InChI is InChI=1S/Bi.5HNO2.H2O/c;5*2-1-3;/h;5*(H,2,3);1H2/q+3;;;;;;/p-3. The molecule has 0 heterocycles. The van der Waals surface area contributed by atoms with Gasteiger partial charge in [-0.25, -0.2) is 0 Å². The summed E-state index contributed by atoms with van der Waals surface area (Å²) in [6, 6.07) is 0. The molecule has 0 rings (SSSR count). The van der Waals surface area contributed by atoms with Crippen LogP contribution in [0.5, 0.6) is 0 Å². The van der Waals surface area contributed by atoms with Gasteiger partial charge in [-0.1, -0.05) is 0 Å². The summed E-state index contributed by atoms with van der Waals surface area (Å²) in [6.07, 6.45) is 0. The van der Waals surface area contributed by atoms with Gasteiger partial charge in [0.2, 0.25) is 0 Å². The second-order valence-electron chi connectivity index (χ2n) is 0.387. The van der Waals surface area contributed by atoms with Crippen molar-refractivity contribution in [1.82, 2.24) is 0 Å². The van der Waals surface area contributed by atoms with Crippen LogP contribution in [0.25, 0.3) is 0 Å². The molecule has 16 nitrogen and oxygen atoms in total. The molecule has 0 bridgehead atoms. The Morgan fingerprint density at radius 1 is 0.647 bits per heavy atom. The molecule has 0 fully saturated rings. The molecule has 100 valence electrons. The van der Waals surface area contributed by atoms with E-state index in [1.807, 2.05) is 0 Å². The molecule has 0 aromatic carbocycles. The van der Waals surface area contributed by atoms with Gasteiger partial charge in [-0.05, 0) is 0 Å². The molecule has 0 atom stereocenters. The van der Waals surface area contributed by atoms with Crippen LogP contribution in [-0.4, -0.2) is 42.1 Å². The van der Waals surface area contributed by atoms with Crippen molar-refractivity contribution in [3.05, 3.63) is 40.2 Å². The largest absolute Gasteiger partial charge is 3.00 e. The number of nitrogens with zero attached hydrogens (tertiary/aromatic N) is 5. The SMILES string of the molecule is O.O=NO.O=NO.O=N[O-].O=N[O-].O=N[O-].[Bi+3]. The summed E-state index contributed by atoms with van der Waals surface area (Å²) in [5, 5.41) is 42.8. The van der Waals surface area contributed by atoms with Crippen molar-refractivity contribution in [1.29, 1.82) is 0 Å². The van der Waals surface area contributed by atoms with Crippen LogP contribution in [0.2, 0.25) is 0 Å². The number of rotatable bonds is 0. The van der Waals surface area contributed by atoms with E-state index in [2.05, 4.69) is 0 Å². The van der Waals surface area contributed by atoms with Crippen LogP contribution in [0.15, 0.2) is 26.7 Å². The van der Waals surface area contributed by atoms with Crippen LogP contribution in [-0.2, 0) is 0 Å². The van der Waals surface area contributed by atoms with Crippen molar-refractivity contribution in [3.63, 3.8) is 0 Å². The minimum atomic E-state index is 0. The van der Waals surface area contributed by atoms with E-state index in [9.17, 15) is 0 Å². The van der Waals surface area contributed by atoms with Gasteiger partial charge in [-0.2, -0.15) is 0 Å². The molecular weight excluding hydrogens is 455 g/mol. The summed E-state index contributed by atoms with van der Waals surface area (Å²) in [5.74, 6) is 0. The van der Waals surface area contributed by atoms with Crippen LogP contribution in [0.4, 0.5) is 0 Å². The van der Waals surface area contributed by atoms with Crippen molar-refractivity contribution in [2.75, 3.05) is 0 Å². The van der Waals surface area contributed by atoms with Crippen LogP contribution < -0.4 is 0 Å². The van der Waals surface area contributed by atoms with Gasteiger partial charge in [-0.15, -0.1) is 25.8 Å². The van der Waals surface area contributed by atoms with Gasteiger partial charge >= 0.3 is 26.2 Å². The first kappa shape index (κ1) is 46.2. The first-order valence-corrected chi connectivity index (χ1v) is 1.86. The third-order valence-electron chi connectivity index (χ3n) is 0. The van der Waals surface area contributed by atoms with Crippen molar-refractivity contribution >= 4 is 26.2 Å². The third-order valence-corrected chi connectivity index (χ3v) is 0. The zero-order valence-corrected chi connectivity index (χ0v) is 10.8. The first-order valence-electron chi connectivity index (χ1n) is 1.86. The molecule has 17 heavy (non-hydrogen) atoms. The topological polar surface area (TPSA) is 288 Å². The zero-order valence-electron chi connectivity index (χ0n) is 7.34. The van der Waals surface area contributed by atoms with Gasteiger partial charge < -0.3 is 46.2 Å². The van der Waals surface area contributed by atoms with E-state index in [0.29, 0.717) is 0 Å². The van der Waals surface area contributed by atoms with Gasteiger partial charge in [0.15, 0.2) is 10.7 Å². The summed E-state index contributed by atoms with van der Waals surface area (Å²) in [7, 11) is 0.